The Kier molecular flexibility index (Phi) is 4.36. The van der Waals surface area contributed by atoms with Gasteiger partial charge >= 0.3 is 0 Å². The average molecular weight is 404 g/mol. The molecular weight excluding hydrogens is 383 g/mol. The molecule has 0 unspecified atom stereocenters. The van der Waals surface area contributed by atoms with E-state index in [0.717, 1.165) is 22.9 Å². The Morgan fingerprint density at radius 2 is 1.97 bits per heavy atom. The molecule has 0 saturated heterocycles. The van der Waals surface area contributed by atoms with Gasteiger partial charge < -0.3 is 21.1 Å². The maximum Gasteiger partial charge on any atom is 0.146 e. The van der Waals surface area contributed by atoms with Crippen LogP contribution in [0, 0.1) is 5.82 Å². The summed E-state index contributed by atoms with van der Waals surface area (Å²) in [6, 6.07) is 8.30. The van der Waals surface area contributed by atoms with Gasteiger partial charge in [-0.2, -0.15) is 0 Å². The van der Waals surface area contributed by atoms with Crippen LogP contribution in [-0.4, -0.2) is 30.7 Å². The first-order valence-corrected chi connectivity index (χ1v) is 9.79. The van der Waals surface area contributed by atoms with Gasteiger partial charge in [-0.3, -0.25) is 0 Å². The highest BCUT2D eigenvalue weighted by atomic mass is 19.1. The molecule has 0 fully saturated rings. The number of hydrogen-bond acceptors (Lipinski definition) is 6. The molecule has 0 saturated carbocycles. The largest absolute Gasteiger partial charge is 0.390 e. The summed E-state index contributed by atoms with van der Waals surface area (Å²) in [5.74, 6) is 0.485. The average Bonchev–Trinajstić information content (AvgIpc) is 3.30. The van der Waals surface area contributed by atoms with Crippen LogP contribution in [0.25, 0.3) is 21.9 Å². The molecule has 7 nitrogen and oxygen atoms in total. The van der Waals surface area contributed by atoms with Crippen LogP contribution in [0.15, 0.2) is 54.5 Å². The van der Waals surface area contributed by atoms with Crippen LogP contribution in [-0.2, 0) is 6.42 Å². The topological polar surface area (TPSA) is 116 Å². The summed E-state index contributed by atoms with van der Waals surface area (Å²) >= 11 is 0. The predicted molar refractivity (Wildman–Crippen MR) is 114 cm³/mol. The Labute approximate surface area is 171 Å². The Bertz CT molecular complexity index is 1300. The molecule has 0 radical (unpaired) electrons. The maximum absolute atomic E-state index is 14.4. The van der Waals surface area contributed by atoms with E-state index >= 15 is 0 Å². The molecule has 1 aromatic carbocycles. The number of aliphatic hydroxyl groups excluding tert-OH is 1. The van der Waals surface area contributed by atoms with Crippen molar-refractivity contribution in [3.05, 3.63) is 65.9 Å². The number of hydrogen-bond donors (Lipinski definition) is 3. The van der Waals surface area contributed by atoms with Gasteiger partial charge in [0.1, 0.15) is 29.4 Å². The van der Waals surface area contributed by atoms with Gasteiger partial charge in [0.05, 0.1) is 23.0 Å². The van der Waals surface area contributed by atoms with E-state index in [4.69, 9.17) is 11.5 Å². The zero-order chi connectivity index (χ0) is 20.8. The van der Waals surface area contributed by atoms with Crippen molar-refractivity contribution in [3.63, 3.8) is 0 Å². The van der Waals surface area contributed by atoms with Gasteiger partial charge in [-0.1, -0.05) is 11.6 Å². The molecule has 3 aromatic heterocycles. The number of nitrogen functional groups attached to an aromatic ring is 2. The molecule has 152 valence electrons. The highest BCUT2D eigenvalue weighted by Crippen LogP contribution is 2.34. The van der Waals surface area contributed by atoms with Gasteiger partial charge in [-0.15, -0.1) is 0 Å². The third kappa shape index (κ3) is 3.15. The molecule has 0 amide bonds. The van der Waals surface area contributed by atoms with E-state index in [9.17, 15) is 9.50 Å². The Morgan fingerprint density at radius 1 is 1.10 bits per heavy atom. The summed E-state index contributed by atoms with van der Waals surface area (Å²) in [4.78, 5) is 12.6. The fraction of sp³-hybridized carbons (Fsp3) is 0.227. The number of halogens is 1. The molecule has 4 aromatic rings. The minimum absolute atomic E-state index is 0.221. The van der Waals surface area contributed by atoms with E-state index in [1.165, 1.54) is 6.33 Å². The van der Waals surface area contributed by atoms with Crippen LogP contribution in [0.1, 0.15) is 24.4 Å². The Morgan fingerprint density at radius 3 is 2.83 bits per heavy atom. The van der Waals surface area contributed by atoms with Crippen molar-refractivity contribution in [2.45, 2.75) is 31.4 Å². The number of benzene rings is 1. The first kappa shape index (κ1) is 18.5. The van der Waals surface area contributed by atoms with Gasteiger partial charge in [0.15, 0.2) is 0 Å². The number of rotatable bonds is 4. The first-order chi connectivity index (χ1) is 14.5. The molecule has 8 heteroatoms. The van der Waals surface area contributed by atoms with Gasteiger partial charge in [0, 0.05) is 11.6 Å². The van der Waals surface area contributed by atoms with Crippen molar-refractivity contribution >= 4 is 33.6 Å². The quantitative estimate of drug-likeness (QED) is 0.450. The molecule has 5 N–H and O–H groups in total. The van der Waals surface area contributed by atoms with E-state index < -0.39 is 6.10 Å². The van der Waals surface area contributed by atoms with Gasteiger partial charge in [-0.25, -0.2) is 19.3 Å². The second kappa shape index (κ2) is 7.07. The second-order valence-corrected chi connectivity index (χ2v) is 7.69. The van der Waals surface area contributed by atoms with Crippen LogP contribution in [0.4, 0.5) is 16.0 Å². The summed E-state index contributed by atoms with van der Waals surface area (Å²) in [6.45, 7) is 0. The lowest BCUT2D eigenvalue weighted by Crippen LogP contribution is -2.18. The zero-order valence-electron chi connectivity index (χ0n) is 16.2. The number of pyridine rings is 1. The van der Waals surface area contributed by atoms with Crippen LogP contribution in [0.5, 0.6) is 0 Å². The summed E-state index contributed by atoms with van der Waals surface area (Å²) in [7, 11) is 0. The van der Waals surface area contributed by atoms with Gasteiger partial charge in [0.2, 0.25) is 0 Å². The summed E-state index contributed by atoms with van der Waals surface area (Å²) in [5.41, 5.74) is 14.9. The molecule has 1 aliphatic carbocycles. The van der Waals surface area contributed by atoms with Crippen molar-refractivity contribution in [1.29, 1.82) is 0 Å². The van der Waals surface area contributed by atoms with Crippen molar-refractivity contribution < 1.29 is 9.50 Å². The van der Waals surface area contributed by atoms with Crippen LogP contribution < -0.4 is 11.5 Å². The Hall–Kier alpha value is -3.52. The van der Waals surface area contributed by atoms with E-state index in [1.54, 1.807) is 18.2 Å². The van der Waals surface area contributed by atoms with Crippen LogP contribution in [0.3, 0.4) is 0 Å². The number of nitrogens with zero attached hydrogens (tertiary/aromatic N) is 4. The molecule has 3 heterocycles. The summed E-state index contributed by atoms with van der Waals surface area (Å²) < 4.78 is 16.3. The monoisotopic (exact) mass is 404 g/mol. The molecule has 1 aliphatic rings. The standard InChI is InChI=1S/C22H21FN6O/c23-16-7-12(8-17-14(16)3-4-20(24)28-17)1-2-13-9-18(19(30)10-13)29-6-5-15-21(25)26-11-27-22(15)29/h3-9,11,18-19,30H,1-2,10H2,(H2,24,28)(H2,25,26,27)/t18-,19-/m1/s1. The van der Waals surface area contributed by atoms with E-state index in [0.29, 0.717) is 41.0 Å². The zero-order valence-corrected chi connectivity index (χ0v) is 16.2. The predicted octanol–water partition coefficient (Wildman–Crippen LogP) is 3.15. The molecule has 5 rings (SSSR count). The molecular formula is C22H21FN6O. The molecule has 0 aliphatic heterocycles. The lowest BCUT2D eigenvalue weighted by atomic mass is 10.0. The van der Waals surface area contributed by atoms with E-state index in [2.05, 4.69) is 21.0 Å². The highest BCUT2D eigenvalue weighted by Gasteiger charge is 2.28. The van der Waals surface area contributed by atoms with E-state index in [1.807, 2.05) is 22.9 Å². The fourth-order valence-corrected chi connectivity index (χ4v) is 4.20. The number of nitrogens with two attached hydrogens (primary N) is 2. The summed E-state index contributed by atoms with van der Waals surface area (Å²) in [5, 5.41) is 11.9. The van der Waals surface area contributed by atoms with Crippen molar-refractivity contribution in [2.75, 3.05) is 11.5 Å². The highest BCUT2D eigenvalue weighted by molar-refractivity contribution is 5.86. The summed E-state index contributed by atoms with van der Waals surface area (Å²) in [6.07, 6.45) is 6.74. The van der Waals surface area contributed by atoms with Crippen molar-refractivity contribution in [1.82, 2.24) is 19.5 Å². The van der Waals surface area contributed by atoms with Gasteiger partial charge in [0.25, 0.3) is 0 Å². The third-order valence-electron chi connectivity index (χ3n) is 5.71. The lowest BCUT2D eigenvalue weighted by Gasteiger charge is -2.16. The Balaban J connectivity index is 1.38. The fourth-order valence-electron chi connectivity index (χ4n) is 4.20. The van der Waals surface area contributed by atoms with E-state index in [-0.39, 0.29) is 11.9 Å². The first-order valence-electron chi connectivity index (χ1n) is 9.79. The molecule has 30 heavy (non-hydrogen) atoms. The minimum atomic E-state index is -0.554. The van der Waals surface area contributed by atoms with Crippen LogP contribution in [0.2, 0.25) is 0 Å². The maximum atomic E-state index is 14.4. The lowest BCUT2D eigenvalue weighted by molar-refractivity contribution is 0.146. The molecule has 2 atom stereocenters. The third-order valence-corrected chi connectivity index (χ3v) is 5.71. The van der Waals surface area contributed by atoms with Crippen LogP contribution >= 0.6 is 0 Å². The molecule has 0 bridgehead atoms. The smallest absolute Gasteiger partial charge is 0.146 e. The van der Waals surface area contributed by atoms with Gasteiger partial charge in [-0.05, 0) is 55.2 Å². The number of fused-ring (bicyclic) bond motifs is 2. The number of aromatic nitrogens is 4. The molecule has 0 spiro atoms. The van der Waals surface area contributed by atoms with Crippen molar-refractivity contribution in [3.8, 4) is 0 Å². The van der Waals surface area contributed by atoms with Crippen molar-refractivity contribution in [2.24, 2.45) is 0 Å². The number of anilines is 2. The second-order valence-electron chi connectivity index (χ2n) is 7.69. The number of aryl methyl sites for hydroxylation is 1. The SMILES string of the molecule is Nc1ccc2c(F)cc(CCC3=C[C@@H](n4ccc5c(N)ncnc54)[C@H](O)C3)cc2n1. The normalized spacial score (nSPS) is 18.9. The number of aliphatic hydroxyl groups is 1. The minimum Gasteiger partial charge on any atom is -0.390 e.